The second kappa shape index (κ2) is 14.5. The second-order valence-corrected chi connectivity index (χ2v) is 10.5. The molecular weight excluding hydrogens is 550 g/mol. The molecule has 9 heteroatoms. The summed E-state index contributed by atoms with van der Waals surface area (Å²) in [5.74, 6) is -0.437. The van der Waals surface area contributed by atoms with Gasteiger partial charge in [0.2, 0.25) is 0 Å². The number of carboxylic acid groups (broad SMARTS) is 2. The van der Waals surface area contributed by atoms with Crippen LogP contribution >= 0.6 is 0 Å². The lowest BCUT2D eigenvalue weighted by molar-refractivity contribution is -0.136. The topological polar surface area (TPSA) is 116 Å². The molecular formula is C34H37NO8. The molecule has 0 saturated carbocycles. The van der Waals surface area contributed by atoms with Crippen molar-refractivity contribution in [3.05, 3.63) is 89.6 Å². The molecule has 0 bridgehead atoms. The van der Waals surface area contributed by atoms with Crippen LogP contribution in [-0.2, 0) is 27.1 Å². The summed E-state index contributed by atoms with van der Waals surface area (Å²) in [5.41, 5.74) is 5.72. The molecule has 0 atom stereocenters. The molecule has 0 spiro atoms. The van der Waals surface area contributed by atoms with Gasteiger partial charge in [-0.15, -0.1) is 0 Å². The maximum atomic E-state index is 12.6. The Labute approximate surface area is 251 Å². The number of aryl methyl sites for hydroxylation is 1. The van der Waals surface area contributed by atoms with Crippen molar-refractivity contribution in [1.82, 2.24) is 4.57 Å². The number of hydrogen-bond acceptors (Lipinski definition) is 6. The summed E-state index contributed by atoms with van der Waals surface area (Å²) >= 11 is 0. The van der Waals surface area contributed by atoms with Crippen LogP contribution in [0.4, 0.5) is 0 Å². The van der Waals surface area contributed by atoms with Crippen molar-refractivity contribution < 1.29 is 38.7 Å². The first-order valence-corrected chi connectivity index (χ1v) is 14.0. The average Bonchev–Trinajstić information content (AvgIpc) is 3.36. The van der Waals surface area contributed by atoms with Gasteiger partial charge in [0.1, 0.15) is 11.5 Å². The SMILES string of the molecule is COCOc1ccc(-c2cc(CC(C)C)n(-c3ccc(CCC(=O)O)cc3C(=O)O)c2-c2ccc(OCOC)cc2)cc1. The number of rotatable bonds is 15. The van der Waals surface area contributed by atoms with Crippen molar-refractivity contribution in [2.75, 3.05) is 27.8 Å². The van der Waals surface area contributed by atoms with Gasteiger partial charge in [0.25, 0.3) is 0 Å². The van der Waals surface area contributed by atoms with Crippen molar-refractivity contribution >= 4 is 11.9 Å². The van der Waals surface area contributed by atoms with Crippen LogP contribution in [0.2, 0.25) is 0 Å². The summed E-state index contributed by atoms with van der Waals surface area (Å²) in [6.45, 7) is 4.49. The lowest BCUT2D eigenvalue weighted by Crippen LogP contribution is -2.11. The summed E-state index contributed by atoms with van der Waals surface area (Å²) in [5, 5.41) is 19.5. The minimum Gasteiger partial charge on any atom is -0.481 e. The summed E-state index contributed by atoms with van der Waals surface area (Å²) in [6, 6.07) is 22.5. The Bertz CT molecular complexity index is 1540. The quantitative estimate of drug-likeness (QED) is 0.148. The predicted octanol–water partition coefficient (Wildman–Crippen LogP) is 6.69. The van der Waals surface area contributed by atoms with Crippen LogP contribution in [0, 0.1) is 5.92 Å². The van der Waals surface area contributed by atoms with E-state index in [-0.39, 0.29) is 37.9 Å². The Hall–Kier alpha value is -4.60. The van der Waals surface area contributed by atoms with Gasteiger partial charge in [-0.1, -0.05) is 32.0 Å². The zero-order chi connectivity index (χ0) is 30.9. The van der Waals surface area contributed by atoms with E-state index in [1.165, 1.54) is 0 Å². The van der Waals surface area contributed by atoms with Crippen LogP contribution in [0.3, 0.4) is 0 Å². The van der Waals surface area contributed by atoms with Crippen molar-refractivity contribution in [2.45, 2.75) is 33.1 Å². The van der Waals surface area contributed by atoms with E-state index in [1.807, 2.05) is 53.1 Å². The van der Waals surface area contributed by atoms with E-state index in [1.54, 1.807) is 32.4 Å². The summed E-state index contributed by atoms with van der Waals surface area (Å²) < 4.78 is 23.3. The van der Waals surface area contributed by atoms with E-state index in [4.69, 9.17) is 24.1 Å². The van der Waals surface area contributed by atoms with Crippen LogP contribution in [0.5, 0.6) is 11.5 Å². The summed E-state index contributed by atoms with van der Waals surface area (Å²) in [4.78, 5) is 23.8. The minimum atomic E-state index is -1.09. The van der Waals surface area contributed by atoms with Crippen molar-refractivity contribution in [3.63, 3.8) is 0 Å². The fourth-order valence-electron chi connectivity index (χ4n) is 4.96. The Morgan fingerprint density at radius 3 is 1.88 bits per heavy atom. The fourth-order valence-corrected chi connectivity index (χ4v) is 4.96. The highest BCUT2D eigenvalue weighted by atomic mass is 16.7. The van der Waals surface area contributed by atoms with Gasteiger partial charge in [-0.3, -0.25) is 4.79 Å². The monoisotopic (exact) mass is 587 g/mol. The molecule has 0 aliphatic heterocycles. The number of nitrogens with zero attached hydrogens (tertiary/aromatic N) is 1. The van der Waals surface area contributed by atoms with E-state index in [9.17, 15) is 14.7 Å². The van der Waals surface area contributed by atoms with Gasteiger partial charge in [-0.2, -0.15) is 0 Å². The number of hydrogen-bond donors (Lipinski definition) is 2. The molecule has 0 fully saturated rings. The van der Waals surface area contributed by atoms with Crippen LogP contribution in [-0.4, -0.2) is 54.5 Å². The maximum Gasteiger partial charge on any atom is 0.337 e. The lowest BCUT2D eigenvalue weighted by atomic mass is 10.00. The second-order valence-electron chi connectivity index (χ2n) is 10.5. The number of carbonyl (C=O) groups is 2. The van der Waals surface area contributed by atoms with Crippen molar-refractivity contribution in [3.8, 4) is 39.6 Å². The molecule has 4 rings (SSSR count). The molecule has 1 heterocycles. The zero-order valence-electron chi connectivity index (χ0n) is 24.8. The zero-order valence-corrected chi connectivity index (χ0v) is 24.8. The molecule has 9 nitrogen and oxygen atoms in total. The van der Waals surface area contributed by atoms with Crippen molar-refractivity contribution in [1.29, 1.82) is 0 Å². The van der Waals surface area contributed by atoms with Gasteiger partial charge in [0.15, 0.2) is 13.6 Å². The number of benzene rings is 3. The molecule has 3 aromatic carbocycles. The first-order chi connectivity index (χ1) is 20.7. The first kappa shape index (κ1) is 31.3. The number of aliphatic carboxylic acids is 1. The van der Waals surface area contributed by atoms with E-state index < -0.39 is 11.9 Å². The third-order valence-electron chi connectivity index (χ3n) is 6.83. The van der Waals surface area contributed by atoms with E-state index in [0.717, 1.165) is 28.1 Å². The van der Waals surface area contributed by atoms with Gasteiger partial charge in [-0.25, -0.2) is 4.79 Å². The third kappa shape index (κ3) is 7.82. The Morgan fingerprint density at radius 2 is 1.37 bits per heavy atom. The molecule has 43 heavy (non-hydrogen) atoms. The first-order valence-electron chi connectivity index (χ1n) is 14.0. The number of carboxylic acids is 2. The molecule has 2 N–H and O–H groups in total. The van der Waals surface area contributed by atoms with Gasteiger partial charge in [0, 0.05) is 31.9 Å². The highest BCUT2D eigenvalue weighted by Crippen LogP contribution is 2.40. The maximum absolute atomic E-state index is 12.6. The normalized spacial score (nSPS) is 11.1. The van der Waals surface area contributed by atoms with Crippen LogP contribution < -0.4 is 9.47 Å². The number of aromatic carboxylic acids is 1. The van der Waals surface area contributed by atoms with Crippen LogP contribution in [0.15, 0.2) is 72.8 Å². The molecule has 0 saturated heterocycles. The lowest BCUT2D eigenvalue weighted by Gasteiger charge is -2.19. The highest BCUT2D eigenvalue weighted by molar-refractivity contribution is 5.94. The number of methoxy groups -OCH3 is 2. The van der Waals surface area contributed by atoms with Gasteiger partial charge in [0.05, 0.1) is 16.9 Å². The van der Waals surface area contributed by atoms with Gasteiger partial charge in [-0.05, 0) is 90.0 Å². The van der Waals surface area contributed by atoms with E-state index >= 15 is 0 Å². The molecule has 0 amide bonds. The van der Waals surface area contributed by atoms with Crippen LogP contribution in [0.1, 0.15) is 41.9 Å². The molecule has 1 aromatic heterocycles. The Balaban J connectivity index is 1.96. The standard InChI is InChI=1S/C34H37NO8/c1-22(2)17-26-19-29(24-7-11-27(12-8-24)42-20-40-3)33(25-9-13-28(14-10-25)43-21-41-4)35(26)31-15-5-23(6-16-32(36)37)18-30(31)34(38)39/h5,7-15,18-19,22H,6,16-17,20-21H2,1-4H3,(H,36,37)(H,38,39). The van der Waals surface area contributed by atoms with E-state index in [2.05, 4.69) is 19.9 Å². The molecule has 0 radical (unpaired) electrons. The van der Waals surface area contributed by atoms with E-state index in [0.29, 0.717) is 29.2 Å². The third-order valence-corrected chi connectivity index (χ3v) is 6.83. The van der Waals surface area contributed by atoms with Crippen molar-refractivity contribution in [2.24, 2.45) is 5.92 Å². The highest BCUT2D eigenvalue weighted by Gasteiger charge is 2.24. The largest absolute Gasteiger partial charge is 0.481 e. The summed E-state index contributed by atoms with van der Waals surface area (Å²) in [7, 11) is 3.12. The number of ether oxygens (including phenoxy) is 4. The Morgan fingerprint density at radius 1 is 0.791 bits per heavy atom. The average molecular weight is 588 g/mol. The number of aromatic nitrogens is 1. The fraction of sp³-hybridized carbons (Fsp3) is 0.294. The van der Waals surface area contributed by atoms with Crippen LogP contribution in [0.25, 0.3) is 28.1 Å². The molecule has 4 aromatic rings. The van der Waals surface area contributed by atoms with Gasteiger partial charge >= 0.3 is 11.9 Å². The smallest absolute Gasteiger partial charge is 0.337 e. The molecule has 0 aliphatic carbocycles. The predicted molar refractivity (Wildman–Crippen MR) is 163 cm³/mol. The summed E-state index contributed by atoms with van der Waals surface area (Å²) in [6.07, 6.45) is 0.841. The molecule has 0 unspecified atom stereocenters. The molecule has 0 aliphatic rings. The molecule has 226 valence electrons. The minimum absolute atomic E-state index is 0.0858. The van der Waals surface area contributed by atoms with Gasteiger partial charge < -0.3 is 33.7 Å². The Kier molecular flexibility index (Phi) is 10.6.